The smallest absolute Gasteiger partial charge is 0.252 e. The van der Waals surface area contributed by atoms with Crippen molar-refractivity contribution in [1.29, 1.82) is 0 Å². The molecule has 1 fully saturated rings. The van der Waals surface area contributed by atoms with Crippen LogP contribution < -0.4 is 15.4 Å². The van der Waals surface area contributed by atoms with Crippen LogP contribution in [0.1, 0.15) is 28.0 Å². The number of nitrogens with two attached hydrogens (primary N) is 1. The van der Waals surface area contributed by atoms with Gasteiger partial charge in [0.15, 0.2) is 0 Å². The van der Waals surface area contributed by atoms with Gasteiger partial charge in [0.25, 0.3) is 5.91 Å². The average molecular weight is 366 g/mol. The zero-order valence-electron chi connectivity index (χ0n) is 15.6. The predicted octanol–water partition coefficient (Wildman–Crippen LogP) is 1.87. The van der Waals surface area contributed by atoms with E-state index < -0.39 is 0 Å². The van der Waals surface area contributed by atoms with Crippen molar-refractivity contribution in [3.63, 3.8) is 0 Å². The van der Waals surface area contributed by atoms with Gasteiger partial charge in [0.1, 0.15) is 18.2 Å². The van der Waals surface area contributed by atoms with Gasteiger partial charge in [-0.15, -0.1) is 0 Å². The van der Waals surface area contributed by atoms with Gasteiger partial charge in [-0.3, -0.25) is 9.69 Å². The Morgan fingerprint density at radius 1 is 1.11 bits per heavy atom. The maximum Gasteiger partial charge on any atom is 0.252 e. The van der Waals surface area contributed by atoms with Crippen LogP contribution in [0.4, 0.5) is 5.82 Å². The number of hydrogen-bond acceptors (Lipinski definition) is 5. The summed E-state index contributed by atoms with van der Waals surface area (Å²) in [4.78, 5) is 21.3. The molecule has 0 bridgehead atoms. The van der Waals surface area contributed by atoms with Crippen LogP contribution in [0.5, 0.6) is 5.75 Å². The van der Waals surface area contributed by atoms with E-state index in [4.69, 9.17) is 15.5 Å². The van der Waals surface area contributed by atoms with Gasteiger partial charge in [-0.2, -0.15) is 0 Å². The molecule has 0 atom stereocenters. The zero-order chi connectivity index (χ0) is 18.6. The molecular weight excluding hydrogens is 340 g/mol. The number of para-hydroxylation sites is 1. The Bertz CT molecular complexity index is 801. The van der Waals surface area contributed by atoms with Crippen molar-refractivity contribution in [3.05, 3.63) is 53.2 Å². The van der Waals surface area contributed by atoms with Crippen LogP contribution in [0.25, 0.3) is 0 Å². The average Bonchev–Trinajstić information content (AvgIpc) is 3.16. The number of piperazine rings is 1. The van der Waals surface area contributed by atoms with E-state index in [-0.39, 0.29) is 5.91 Å². The molecule has 6 heteroatoms. The molecule has 1 aromatic heterocycles. The summed E-state index contributed by atoms with van der Waals surface area (Å²) in [5.74, 6) is 1.29. The van der Waals surface area contributed by atoms with Crippen molar-refractivity contribution < 1.29 is 9.53 Å². The minimum Gasteiger partial charge on any atom is -0.492 e. The third kappa shape index (κ3) is 4.06. The molecular formula is C21H26N4O2. The summed E-state index contributed by atoms with van der Waals surface area (Å²) in [6.07, 6.45) is 3.11. The molecule has 6 nitrogen and oxygen atoms in total. The maximum atomic E-state index is 11.9. The first-order valence-corrected chi connectivity index (χ1v) is 9.68. The number of fused-ring (bicyclic) bond motifs is 1. The second kappa shape index (κ2) is 7.96. The number of carbonyl (C=O) groups excluding carboxylic acids is 1. The highest BCUT2D eigenvalue weighted by atomic mass is 16.5. The van der Waals surface area contributed by atoms with E-state index in [0.29, 0.717) is 12.2 Å². The summed E-state index contributed by atoms with van der Waals surface area (Å²) >= 11 is 0. The van der Waals surface area contributed by atoms with Gasteiger partial charge >= 0.3 is 0 Å². The number of amides is 1. The number of hydrogen-bond donors (Lipinski definition) is 1. The number of ether oxygens (including phenoxy) is 1. The molecule has 0 unspecified atom stereocenters. The van der Waals surface area contributed by atoms with Crippen molar-refractivity contribution in [2.45, 2.75) is 19.3 Å². The number of carbonyl (C=O) groups is 1. The van der Waals surface area contributed by atoms with Gasteiger partial charge in [0, 0.05) is 38.4 Å². The Hall–Kier alpha value is -2.60. The van der Waals surface area contributed by atoms with E-state index in [9.17, 15) is 4.79 Å². The van der Waals surface area contributed by atoms with Crippen LogP contribution >= 0.6 is 0 Å². The fraction of sp³-hybridized carbons (Fsp3) is 0.429. The molecule has 0 spiro atoms. The summed E-state index contributed by atoms with van der Waals surface area (Å²) in [7, 11) is 0. The van der Waals surface area contributed by atoms with Gasteiger partial charge in [-0.25, -0.2) is 4.98 Å². The Balaban J connectivity index is 1.34. The topological polar surface area (TPSA) is 71.7 Å². The van der Waals surface area contributed by atoms with Gasteiger partial charge < -0.3 is 15.4 Å². The molecule has 2 aromatic rings. The largest absolute Gasteiger partial charge is 0.492 e. The number of benzene rings is 1. The first-order valence-electron chi connectivity index (χ1n) is 9.68. The maximum absolute atomic E-state index is 11.9. The van der Waals surface area contributed by atoms with Crippen molar-refractivity contribution in [2.24, 2.45) is 5.73 Å². The Kier molecular flexibility index (Phi) is 5.25. The van der Waals surface area contributed by atoms with Crippen molar-refractivity contribution in [3.8, 4) is 5.75 Å². The SMILES string of the molecule is NC(=O)c1cc2c(nc1N1CCN(CCOc3ccccc3)CC1)CCC2. The molecule has 1 aliphatic heterocycles. The van der Waals surface area contributed by atoms with Crippen molar-refractivity contribution in [2.75, 3.05) is 44.2 Å². The Morgan fingerprint density at radius 2 is 1.89 bits per heavy atom. The first-order chi connectivity index (χ1) is 13.2. The van der Waals surface area contributed by atoms with Gasteiger partial charge in [-0.1, -0.05) is 18.2 Å². The molecule has 0 radical (unpaired) electrons. The highest BCUT2D eigenvalue weighted by Gasteiger charge is 2.25. The van der Waals surface area contributed by atoms with Gasteiger partial charge in [0.2, 0.25) is 0 Å². The van der Waals surface area contributed by atoms with E-state index in [2.05, 4.69) is 9.80 Å². The molecule has 1 aliphatic carbocycles. The molecule has 0 saturated carbocycles. The van der Waals surface area contributed by atoms with Crippen LogP contribution in [0.15, 0.2) is 36.4 Å². The van der Waals surface area contributed by atoms with Gasteiger partial charge in [-0.05, 0) is 43.0 Å². The lowest BCUT2D eigenvalue weighted by Gasteiger charge is -2.36. The minimum atomic E-state index is -0.383. The van der Waals surface area contributed by atoms with Crippen LogP contribution in [0.2, 0.25) is 0 Å². The summed E-state index contributed by atoms with van der Waals surface area (Å²) in [5, 5.41) is 0. The lowest BCUT2D eigenvalue weighted by atomic mass is 10.1. The fourth-order valence-electron chi connectivity index (χ4n) is 3.88. The van der Waals surface area contributed by atoms with Crippen LogP contribution in [0.3, 0.4) is 0 Å². The van der Waals surface area contributed by atoms with Crippen LogP contribution in [-0.2, 0) is 12.8 Å². The van der Waals surface area contributed by atoms with Crippen LogP contribution in [0, 0.1) is 0 Å². The van der Waals surface area contributed by atoms with Crippen molar-refractivity contribution in [1.82, 2.24) is 9.88 Å². The fourth-order valence-corrected chi connectivity index (χ4v) is 3.88. The van der Waals surface area contributed by atoms with E-state index >= 15 is 0 Å². The van der Waals surface area contributed by atoms with Crippen LogP contribution in [-0.4, -0.2) is 55.1 Å². The zero-order valence-corrected chi connectivity index (χ0v) is 15.6. The van der Waals surface area contributed by atoms with E-state index in [1.54, 1.807) is 0 Å². The number of rotatable bonds is 6. The number of aromatic nitrogens is 1. The van der Waals surface area contributed by atoms with E-state index in [1.807, 2.05) is 36.4 Å². The second-order valence-corrected chi connectivity index (χ2v) is 7.17. The van der Waals surface area contributed by atoms with E-state index in [0.717, 1.165) is 69.2 Å². The number of nitrogens with zero attached hydrogens (tertiary/aromatic N) is 3. The molecule has 1 amide bonds. The third-order valence-corrected chi connectivity index (χ3v) is 5.39. The lowest BCUT2D eigenvalue weighted by molar-refractivity contribution is 0.1000. The number of pyridine rings is 1. The van der Waals surface area contributed by atoms with E-state index in [1.165, 1.54) is 5.56 Å². The molecule has 1 saturated heterocycles. The highest BCUT2D eigenvalue weighted by Crippen LogP contribution is 2.28. The summed E-state index contributed by atoms with van der Waals surface area (Å²) in [6.45, 7) is 5.11. The molecule has 2 heterocycles. The lowest BCUT2D eigenvalue weighted by Crippen LogP contribution is -2.48. The van der Waals surface area contributed by atoms with Gasteiger partial charge in [0.05, 0.1) is 5.56 Å². The molecule has 142 valence electrons. The molecule has 1 aromatic carbocycles. The minimum absolute atomic E-state index is 0.383. The quantitative estimate of drug-likeness (QED) is 0.845. The predicted molar refractivity (Wildman–Crippen MR) is 105 cm³/mol. The third-order valence-electron chi connectivity index (χ3n) is 5.39. The highest BCUT2D eigenvalue weighted by molar-refractivity contribution is 5.98. The van der Waals surface area contributed by atoms with Crippen molar-refractivity contribution >= 4 is 11.7 Å². The normalized spacial score (nSPS) is 17.0. The molecule has 2 N–H and O–H groups in total. The number of anilines is 1. The summed E-state index contributed by atoms with van der Waals surface area (Å²) in [6, 6.07) is 11.9. The molecule has 4 rings (SSSR count). The summed E-state index contributed by atoms with van der Waals surface area (Å²) < 4.78 is 5.79. The monoisotopic (exact) mass is 366 g/mol. The number of primary amides is 1. The second-order valence-electron chi connectivity index (χ2n) is 7.17. The Labute approximate surface area is 159 Å². The molecule has 2 aliphatic rings. The Morgan fingerprint density at radius 3 is 2.63 bits per heavy atom. The summed E-state index contributed by atoms with van der Waals surface area (Å²) in [5.41, 5.74) is 8.51. The first kappa shape index (κ1) is 17.8. The molecule has 27 heavy (non-hydrogen) atoms. The number of aryl methyl sites for hydroxylation is 2. The standard InChI is InChI=1S/C21H26N4O2/c22-20(26)18-15-16-5-4-8-19(16)23-21(18)25-11-9-24(10-12-25)13-14-27-17-6-2-1-3-7-17/h1-3,6-7,15H,4-5,8-14H2,(H2,22,26).